The number of hydrogen-bond donors (Lipinski definition) is 1. The minimum atomic E-state index is 0.735. The Hall–Kier alpha value is -1.02. The zero-order valence-corrected chi connectivity index (χ0v) is 13.5. The van der Waals surface area contributed by atoms with E-state index in [-0.39, 0.29) is 0 Å². The molecule has 2 nitrogen and oxygen atoms in total. The molecule has 2 heteroatoms. The van der Waals surface area contributed by atoms with Gasteiger partial charge in [-0.15, -0.1) is 0 Å². The van der Waals surface area contributed by atoms with E-state index in [1.54, 1.807) is 0 Å². The highest BCUT2D eigenvalue weighted by Gasteiger charge is 2.35. The van der Waals surface area contributed by atoms with E-state index in [0.717, 1.165) is 12.0 Å². The summed E-state index contributed by atoms with van der Waals surface area (Å²) in [7, 11) is 0. The lowest BCUT2D eigenvalue weighted by atomic mass is 9.68. The van der Waals surface area contributed by atoms with Gasteiger partial charge in [-0.3, -0.25) is 0 Å². The van der Waals surface area contributed by atoms with E-state index >= 15 is 0 Å². The molecule has 1 heterocycles. The highest BCUT2D eigenvalue weighted by Crippen LogP contribution is 2.44. The van der Waals surface area contributed by atoms with Crippen molar-refractivity contribution in [1.82, 2.24) is 4.90 Å². The van der Waals surface area contributed by atoms with Crippen LogP contribution < -0.4 is 5.32 Å². The molecule has 2 fully saturated rings. The molecule has 3 rings (SSSR count). The molecule has 1 spiro atoms. The van der Waals surface area contributed by atoms with E-state index in [1.807, 2.05) is 0 Å². The molecule has 0 bridgehead atoms. The van der Waals surface area contributed by atoms with Crippen molar-refractivity contribution in [1.29, 1.82) is 0 Å². The van der Waals surface area contributed by atoms with E-state index in [2.05, 4.69) is 41.4 Å². The second-order valence-electron chi connectivity index (χ2n) is 7.20. The molecule has 116 valence electrons. The van der Waals surface area contributed by atoms with Crippen LogP contribution in [-0.4, -0.2) is 31.1 Å². The fourth-order valence-corrected chi connectivity index (χ4v) is 4.17. The zero-order chi connectivity index (χ0) is 14.5. The van der Waals surface area contributed by atoms with Crippen molar-refractivity contribution in [2.24, 2.45) is 5.41 Å². The summed E-state index contributed by atoms with van der Waals surface area (Å²) in [5.74, 6) is 0. The minimum absolute atomic E-state index is 0.735. The van der Waals surface area contributed by atoms with E-state index in [4.69, 9.17) is 0 Å². The van der Waals surface area contributed by atoms with Gasteiger partial charge in [0.15, 0.2) is 0 Å². The van der Waals surface area contributed by atoms with E-state index < -0.39 is 0 Å². The van der Waals surface area contributed by atoms with Crippen molar-refractivity contribution >= 4 is 5.69 Å². The average molecular weight is 286 g/mol. The standard InChI is InChI=1S/C19H30N2/c1-17-6-5-7-18(16-17)20-12-15-21-13-10-19(11-14-21)8-3-2-4-9-19/h5-7,16,20H,2-4,8-15H2,1H3. The molecule has 1 saturated carbocycles. The first-order valence-corrected chi connectivity index (χ1v) is 8.79. The van der Waals surface area contributed by atoms with Gasteiger partial charge in [-0.2, -0.15) is 0 Å². The lowest BCUT2D eigenvalue weighted by Crippen LogP contribution is -2.42. The van der Waals surface area contributed by atoms with Gasteiger partial charge in [-0.1, -0.05) is 31.4 Å². The predicted molar refractivity (Wildman–Crippen MR) is 90.9 cm³/mol. The molecule has 1 aliphatic carbocycles. The number of nitrogens with zero attached hydrogens (tertiary/aromatic N) is 1. The van der Waals surface area contributed by atoms with Gasteiger partial charge in [-0.05, 0) is 68.8 Å². The van der Waals surface area contributed by atoms with Crippen molar-refractivity contribution in [3.05, 3.63) is 29.8 Å². The van der Waals surface area contributed by atoms with E-state index in [0.29, 0.717) is 0 Å². The number of likely N-dealkylation sites (tertiary alicyclic amines) is 1. The van der Waals surface area contributed by atoms with Crippen LogP contribution in [0.3, 0.4) is 0 Å². The minimum Gasteiger partial charge on any atom is -0.384 e. The fourth-order valence-electron chi connectivity index (χ4n) is 4.17. The maximum Gasteiger partial charge on any atom is 0.0343 e. The number of nitrogens with one attached hydrogen (secondary N) is 1. The van der Waals surface area contributed by atoms with Crippen LogP contribution in [0.1, 0.15) is 50.5 Å². The van der Waals surface area contributed by atoms with Crippen LogP contribution in [0.4, 0.5) is 5.69 Å². The quantitative estimate of drug-likeness (QED) is 0.879. The Morgan fingerprint density at radius 3 is 2.52 bits per heavy atom. The molecular weight excluding hydrogens is 256 g/mol. The molecule has 2 aliphatic rings. The van der Waals surface area contributed by atoms with Gasteiger partial charge >= 0.3 is 0 Å². The van der Waals surface area contributed by atoms with Gasteiger partial charge in [0.2, 0.25) is 0 Å². The maximum atomic E-state index is 3.56. The van der Waals surface area contributed by atoms with E-state index in [1.165, 1.54) is 75.8 Å². The third kappa shape index (κ3) is 4.00. The van der Waals surface area contributed by atoms with Crippen molar-refractivity contribution < 1.29 is 0 Å². The smallest absolute Gasteiger partial charge is 0.0343 e. The second-order valence-corrected chi connectivity index (χ2v) is 7.20. The Balaban J connectivity index is 1.39. The molecule has 1 saturated heterocycles. The summed E-state index contributed by atoms with van der Waals surface area (Å²) in [6, 6.07) is 8.68. The fraction of sp³-hybridized carbons (Fsp3) is 0.684. The van der Waals surface area contributed by atoms with E-state index in [9.17, 15) is 0 Å². The maximum absolute atomic E-state index is 3.56. The number of anilines is 1. The van der Waals surface area contributed by atoms with Crippen LogP contribution >= 0.6 is 0 Å². The number of benzene rings is 1. The molecule has 1 aliphatic heterocycles. The molecule has 1 N–H and O–H groups in total. The molecule has 0 radical (unpaired) electrons. The van der Waals surface area contributed by atoms with Crippen molar-refractivity contribution in [3.8, 4) is 0 Å². The Bertz CT molecular complexity index is 439. The van der Waals surface area contributed by atoms with Gasteiger partial charge in [-0.25, -0.2) is 0 Å². The largest absolute Gasteiger partial charge is 0.384 e. The first-order chi connectivity index (χ1) is 10.3. The Labute approximate surface area is 129 Å². The first kappa shape index (κ1) is 14.9. The molecule has 0 atom stereocenters. The van der Waals surface area contributed by atoms with Crippen LogP contribution in [0.15, 0.2) is 24.3 Å². The van der Waals surface area contributed by atoms with Crippen molar-refractivity contribution in [2.75, 3.05) is 31.5 Å². The summed E-state index contributed by atoms with van der Waals surface area (Å²) >= 11 is 0. The second kappa shape index (κ2) is 6.83. The highest BCUT2D eigenvalue weighted by atomic mass is 15.1. The van der Waals surface area contributed by atoms with Gasteiger partial charge < -0.3 is 10.2 Å². The Morgan fingerprint density at radius 1 is 1.05 bits per heavy atom. The lowest BCUT2D eigenvalue weighted by Gasteiger charge is -2.44. The predicted octanol–water partition coefficient (Wildman–Crippen LogP) is 4.45. The summed E-state index contributed by atoms with van der Waals surface area (Å²) in [4.78, 5) is 2.66. The van der Waals surface area contributed by atoms with Gasteiger partial charge in [0, 0.05) is 18.8 Å². The summed E-state index contributed by atoms with van der Waals surface area (Å²) in [5, 5.41) is 3.56. The van der Waals surface area contributed by atoms with Crippen molar-refractivity contribution in [3.63, 3.8) is 0 Å². The molecule has 0 aromatic heterocycles. The van der Waals surface area contributed by atoms with Crippen LogP contribution in [0.2, 0.25) is 0 Å². The summed E-state index contributed by atoms with van der Waals surface area (Å²) < 4.78 is 0. The third-order valence-electron chi connectivity index (χ3n) is 5.61. The SMILES string of the molecule is Cc1cccc(NCCN2CCC3(CCCCC3)CC2)c1. The number of aryl methyl sites for hydroxylation is 1. The summed E-state index contributed by atoms with van der Waals surface area (Å²) in [5.41, 5.74) is 3.33. The number of piperidine rings is 1. The average Bonchev–Trinajstić information content (AvgIpc) is 2.51. The van der Waals surface area contributed by atoms with Gasteiger partial charge in [0.25, 0.3) is 0 Å². The number of hydrogen-bond acceptors (Lipinski definition) is 2. The molecule has 21 heavy (non-hydrogen) atoms. The summed E-state index contributed by atoms with van der Waals surface area (Å²) in [6.45, 7) is 7.03. The molecule has 0 amide bonds. The van der Waals surface area contributed by atoms with Crippen LogP contribution in [0.5, 0.6) is 0 Å². The summed E-state index contributed by atoms with van der Waals surface area (Å²) in [6.07, 6.45) is 10.3. The van der Waals surface area contributed by atoms with Crippen LogP contribution in [-0.2, 0) is 0 Å². The van der Waals surface area contributed by atoms with Gasteiger partial charge in [0.1, 0.15) is 0 Å². The molecular formula is C19H30N2. The normalized spacial score (nSPS) is 22.3. The number of rotatable bonds is 4. The Morgan fingerprint density at radius 2 is 1.81 bits per heavy atom. The Kier molecular flexibility index (Phi) is 4.84. The van der Waals surface area contributed by atoms with Gasteiger partial charge in [0.05, 0.1) is 0 Å². The monoisotopic (exact) mass is 286 g/mol. The lowest BCUT2D eigenvalue weighted by molar-refractivity contribution is 0.0699. The van der Waals surface area contributed by atoms with Crippen LogP contribution in [0, 0.1) is 12.3 Å². The topological polar surface area (TPSA) is 15.3 Å². The third-order valence-corrected chi connectivity index (χ3v) is 5.61. The molecule has 0 unspecified atom stereocenters. The first-order valence-electron chi connectivity index (χ1n) is 8.79. The zero-order valence-electron chi connectivity index (χ0n) is 13.5. The molecule has 1 aromatic carbocycles. The highest BCUT2D eigenvalue weighted by molar-refractivity contribution is 5.45. The van der Waals surface area contributed by atoms with Crippen LogP contribution in [0.25, 0.3) is 0 Å². The molecule has 1 aromatic rings. The van der Waals surface area contributed by atoms with Crippen molar-refractivity contribution in [2.45, 2.75) is 51.9 Å².